The van der Waals surface area contributed by atoms with Gasteiger partial charge in [0.25, 0.3) is 0 Å². The molecule has 30 heavy (non-hydrogen) atoms. The molecule has 3 aromatic rings. The van der Waals surface area contributed by atoms with Crippen LogP contribution in [0.15, 0.2) is 53.1 Å². The second kappa shape index (κ2) is 10.1. The van der Waals surface area contributed by atoms with E-state index in [0.717, 1.165) is 22.6 Å². The van der Waals surface area contributed by atoms with E-state index in [0.29, 0.717) is 31.4 Å². The molecule has 0 aliphatic carbocycles. The Morgan fingerprint density at radius 2 is 1.90 bits per heavy atom. The Bertz CT molecular complexity index is 933. The van der Waals surface area contributed by atoms with Crippen molar-refractivity contribution in [3.63, 3.8) is 0 Å². The minimum Gasteiger partial charge on any atom is -0.467 e. The summed E-state index contributed by atoms with van der Waals surface area (Å²) >= 11 is 0. The van der Waals surface area contributed by atoms with Crippen LogP contribution in [-0.4, -0.2) is 29.0 Å². The third-order valence-electron chi connectivity index (χ3n) is 4.80. The minimum atomic E-state index is -0.354. The molecule has 2 N–H and O–H groups in total. The maximum absolute atomic E-state index is 12.6. The lowest BCUT2D eigenvalue weighted by molar-refractivity contribution is 0.0868. The van der Waals surface area contributed by atoms with Gasteiger partial charge in [0.15, 0.2) is 0 Å². The molecule has 2 aromatic heterocycles. The molecule has 160 valence electrons. The van der Waals surface area contributed by atoms with Crippen LogP contribution >= 0.6 is 0 Å². The summed E-state index contributed by atoms with van der Waals surface area (Å²) in [6, 6.07) is 13.0. The molecule has 3 rings (SSSR count). The van der Waals surface area contributed by atoms with Crippen LogP contribution in [0.25, 0.3) is 5.69 Å². The molecule has 0 spiro atoms. The SMILES string of the molecule is Cc1nn(-c2ccccc2)c(C)c1CNC(=O)NC(COCC(C)C)c1ccco1. The van der Waals surface area contributed by atoms with Crippen LogP contribution in [0.5, 0.6) is 0 Å². The number of para-hydroxylation sites is 1. The molecule has 2 amide bonds. The number of benzene rings is 1. The van der Waals surface area contributed by atoms with Crippen LogP contribution in [-0.2, 0) is 11.3 Å². The van der Waals surface area contributed by atoms with E-state index in [1.54, 1.807) is 12.3 Å². The van der Waals surface area contributed by atoms with Crippen molar-refractivity contribution < 1.29 is 13.9 Å². The van der Waals surface area contributed by atoms with Gasteiger partial charge in [0.05, 0.1) is 24.3 Å². The molecular weight excluding hydrogens is 380 g/mol. The molecule has 1 atom stereocenters. The zero-order valence-electron chi connectivity index (χ0n) is 18.0. The molecule has 2 heterocycles. The second-order valence-corrected chi connectivity index (χ2v) is 7.72. The van der Waals surface area contributed by atoms with Crippen molar-refractivity contribution in [1.29, 1.82) is 0 Å². The van der Waals surface area contributed by atoms with E-state index in [4.69, 9.17) is 9.15 Å². The van der Waals surface area contributed by atoms with Crippen molar-refractivity contribution in [2.24, 2.45) is 5.92 Å². The van der Waals surface area contributed by atoms with Crippen LogP contribution in [0, 0.1) is 19.8 Å². The highest BCUT2D eigenvalue weighted by atomic mass is 16.5. The topological polar surface area (TPSA) is 81.3 Å². The first-order valence-electron chi connectivity index (χ1n) is 10.2. The third kappa shape index (κ3) is 5.51. The summed E-state index contributed by atoms with van der Waals surface area (Å²) < 4.78 is 13.1. The van der Waals surface area contributed by atoms with Crippen molar-refractivity contribution in [3.8, 4) is 5.69 Å². The predicted octanol–water partition coefficient (Wildman–Crippen LogP) is 4.30. The van der Waals surface area contributed by atoms with Crippen molar-refractivity contribution in [2.45, 2.75) is 40.3 Å². The van der Waals surface area contributed by atoms with Gasteiger partial charge in [0.1, 0.15) is 11.8 Å². The monoisotopic (exact) mass is 410 g/mol. The van der Waals surface area contributed by atoms with Crippen LogP contribution in [0.3, 0.4) is 0 Å². The van der Waals surface area contributed by atoms with Crippen molar-refractivity contribution in [2.75, 3.05) is 13.2 Å². The van der Waals surface area contributed by atoms with Gasteiger partial charge in [0.2, 0.25) is 0 Å². The highest BCUT2D eigenvalue weighted by Crippen LogP contribution is 2.18. The molecule has 0 saturated heterocycles. The summed E-state index contributed by atoms with van der Waals surface area (Å²) in [5.74, 6) is 1.08. The standard InChI is InChI=1S/C23H30N4O3/c1-16(2)14-29-15-21(22-11-8-12-30-22)25-23(28)24-13-20-17(3)26-27(18(20)4)19-9-6-5-7-10-19/h5-12,16,21H,13-15H2,1-4H3,(H2,24,25,28). The van der Waals surface area contributed by atoms with Crippen LogP contribution in [0.4, 0.5) is 4.79 Å². The first-order chi connectivity index (χ1) is 14.5. The maximum atomic E-state index is 12.6. The first-order valence-corrected chi connectivity index (χ1v) is 10.2. The zero-order chi connectivity index (χ0) is 21.5. The Morgan fingerprint density at radius 3 is 2.57 bits per heavy atom. The molecule has 1 unspecified atom stereocenters. The average Bonchev–Trinajstić information content (AvgIpc) is 3.35. The van der Waals surface area contributed by atoms with Crippen molar-refractivity contribution in [3.05, 3.63) is 71.4 Å². The Hall–Kier alpha value is -3.06. The van der Waals surface area contributed by atoms with E-state index in [1.807, 2.05) is 54.9 Å². The van der Waals surface area contributed by atoms with Crippen LogP contribution < -0.4 is 10.6 Å². The number of furan rings is 1. The van der Waals surface area contributed by atoms with Gasteiger partial charge in [-0.3, -0.25) is 0 Å². The summed E-state index contributed by atoms with van der Waals surface area (Å²) in [6.45, 7) is 9.49. The van der Waals surface area contributed by atoms with Crippen molar-refractivity contribution >= 4 is 6.03 Å². The Kier molecular flexibility index (Phi) is 7.30. The normalized spacial score (nSPS) is 12.2. The molecule has 1 aromatic carbocycles. The van der Waals surface area contributed by atoms with E-state index in [-0.39, 0.29) is 12.1 Å². The average molecular weight is 411 g/mol. The number of aromatic nitrogens is 2. The van der Waals surface area contributed by atoms with E-state index in [2.05, 4.69) is 29.6 Å². The number of carbonyl (C=O) groups is 1. The van der Waals surface area contributed by atoms with E-state index in [1.165, 1.54) is 0 Å². The fraction of sp³-hybridized carbons (Fsp3) is 0.391. The van der Waals surface area contributed by atoms with Crippen molar-refractivity contribution in [1.82, 2.24) is 20.4 Å². The van der Waals surface area contributed by atoms with Gasteiger partial charge in [-0.2, -0.15) is 5.10 Å². The molecule has 7 nitrogen and oxygen atoms in total. The van der Waals surface area contributed by atoms with Gasteiger partial charge in [-0.15, -0.1) is 0 Å². The van der Waals surface area contributed by atoms with Gasteiger partial charge in [-0.1, -0.05) is 32.0 Å². The summed E-state index contributed by atoms with van der Waals surface area (Å²) in [5, 5.41) is 10.5. The number of hydrogen-bond acceptors (Lipinski definition) is 4. The fourth-order valence-corrected chi connectivity index (χ4v) is 3.24. The molecule has 0 aliphatic rings. The predicted molar refractivity (Wildman–Crippen MR) is 116 cm³/mol. The minimum absolute atomic E-state index is 0.282. The number of carbonyl (C=O) groups excluding carboxylic acids is 1. The molecular formula is C23H30N4O3. The number of rotatable bonds is 9. The number of nitrogens with zero attached hydrogens (tertiary/aromatic N) is 2. The third-order valence-corrected chi connectivity index (χ3v) is 4.80. The van der Waals surface area contributed by atoms with Gasteiger partial charge >= 0.3 is 6.03 Å². The van der Waals surface area contributed by atoms with Gasteiger partial charge in [0, 0.05) is 24.4 Å². The highest BCUT2D eigenvalue weighted by molar-refractivity contribution is 5.74. The van der Waals surface area contributed by atoms with Gasteiger partial charge in [-0.25, -0.2) is 9.48 Å². The fourth-order valence-electron chi connectivity index (χ4n) is 3.24. The lowest BCUT2D eigenvalue weighted by Crippen LogP contribution is -2.39. The van der Waals surface area contributed by atoms with E-state index < -0.39 is 0 Å². The lowest BCUT2D eigenvalue weighted by Gasteiger charge is -2.18. The smallest absolute Gasteiger partial charge is 0.315 e. The second-order valence-electron chi connectivity index (χ2n) is 7.72. The quantitative estimate of drug-likeness (QED) is 0.551. The summed E-state index contributed by atoms with van der Waals surface area (Å²) in [6.07, 6.45) is 1.59. The van der Waals surface area contributed by atoms with E-state index >= 15 is 0 Å². The highest BCUT2D eigenvalue weighted by Gasteiger charge is 2.19. The molecule has 0 radical (unpaired) electrons. The summed E-state index contributed by atoms with van der Waals surface area (Å²) in [5.41, 5.74) is 3.88. The number of urea groups is 1. The number of hydrogen-bond donors (Lipinski definition) is 2. The van der Waals surface area contributed by atoms with Gasteiger partial charge in [-0.05, 0) is 44.0 Å². The molecule has 0 saturated carbocycles. The number of nitrogens with one attached hydrogen (secondary N) is 2. The van der Waals surface area contributed by atoms with E-state index in [9.17, 15) is 4.79 Å². The Labute approximate surface area is 177 Å². The summed E-state index contributed by atoms with van der Waals surface area (Å²) in [4.78, 5) is 12.6. The van der Waals surface area contributed by atoms with Gasteiger partial charge < -0.3 is 19.8 Å². The lowest BCUT2D eigenvalue weighted by atomic mass is 10.2. The zero-order valence-corrected chi connectivity index (χ0v) is 18.0. The largest absolute Gasteiger partial charge is 0.467 e. The molecule has 0 fully saturated rings. The number of amides is 2. The molecule has 0 bridgehead atoms. The number of aryl methyl sites for hydroxylation is 1. The molecule has 0 aliphatic heterocycles. The first kappa shape index (κ1) is 21.6. The summed E-state index contributed by atoms with van der Waals surface area (Å²) in [7, 11) is 0. The Balaban J connectivity index is 1.62. The maximum Gasteiger partial charge on any atom is 0.315 e. The Morgan fingerprint density at radius 1 is 1.13 bits per heavy atom. The van der Waals surface area contributed by atoms with Crippen LogP contribution in [0.1, 0.15) is 42.6 Å². The number of ether oxygens (including phenoxy) is 1. The molecule has 7 heteroatoms. The van der Waals surface area contributed by atoms with Crippen LogP contribution in [0.2, 0.25) is 0 Å².